The van der Waals surface area contributed by atoms with Crippen molar-refractivity contribution in [3.8, 4) is 0 Å². The van der Waals surface area contributed by atoms with Crippen molar-refractivity contribution >= 4 is 17.3 Å². The molecule has 2 N–H and O–H groups in total. The van der Waals surface area contributed by atoms with Gasteiger partial charge in [0.15, 0.2) is 5.96 Å². The summed E-state index contributed by atoms with van der Waals surface area (Å²) in [6, 6.07) is 2.15. The maximum Gasteiger partial charge on any atom is 0.191 e. The highest BCUT2D eigenvalue weighted by Crippen LogP contribution is 2.14. The Morgan fingerprint density at radius 3 is 2.96 bits per heavy atom. The second-order valence-corrected chi connectivity index (χ2v) is 7.48. The van der Waals surface area contributed by atoms with Gasteiger partial charge >= 0.3 is 0 Å². The van der Waals surface area contributed by atoms with E-state index in [0.717, 1.165) is 45.3 Å². The Morgan fingerprint density at radius 1 is 1.48 bits per heavy atom. The molecule has 0 radical (unpaired) electrons. The van der Waals surface area contributed by atoms with Crippen LogP contribution in [0.15, 0.2) is 16.4 Å². The number of nitrogens with zero attached hydrogens (tertiary/aromatic N) is 2. The van der Waals surface area contributed by atoms with Crippen LogP contribution < -0.4 is 10.6 Å². The number of thiophene rings is 1. The predicted octanol–water partition coefficient (Wildman–Crippen LogP) is 2.08. The number of guanidine groups is 1. The molecule has 130 valence electrons. The van der Waals surface area contributed by atoms with Gasteiger partial charge in [-0.2, -0.15) is 0 Å². The molecule has 1 aromatic heterocycles. The number of nitrogens with one attached hydrogen (secondary N) is 2. The van der Waals surface area contributed by atoms with Crippen molar-refractivity contribution in [1.29, 1.82) is 0 Å². The minimum absolute atomic E-state index is 0.226. The molecule has 5 nitrogen and oxygen atoms in total. The molecule has 1 fully saturated rings. The van der Waals surface area contributed by atoms with Gasteiger partial charge in [-0.15, -0.1) is 11.3 Å². The molecule has 1 aromatic rings. The van der Waals surface area contributed by atoms with Crippen LogP contribution in [0, 0.1) is 12.8 Å². The Bertz CT molecular complexity index is 501. The smallest absolute Gasteiger partial charge is 0.191 e. The molecule has 0 aliphatic carbocycles. The van der Waals surface area contributed by atoms with Crippen molar-refractivity contribution in [3.63, 3.8) is 0 Å². The molecule has 2 heterocycles. The molecule has 0 spiro atoms. The van der Waals surface area contributed by atoms with Gasteiger partial charge in [-0.1, -0.05) is 13.8 Å². The van der Waals surface area contributed by atoms with Crippen molar-refractivity contribution in [3.05, 3.63) is 21.9 Å². The maximum absolute atomic E-state index is 5.87. The number of ether oxygens (including phenoxy) is 1. The van der Waals surface area contributed by atoms with E-state index in [1.54, 1.807) is 11.3 Å². The third-order valence-corrected chi connectivity index (χ3v) is 4.97. The van der Waals surface area contributed by atoms with Gasteiger partial charge in [-0.05, 0) is 29.9 Å². The second kappa shape index (κ2) is 9.25. The first kappa shape index (κ1) is 18.2. The molecule has 1 aliphatic heterocycles. The summed E-state index contributed by atoms with van der Waals surface area (Å²) in [5.74, 6) is 1.53. The highest BCUT2D eigenvalue weighted by atomic mass is 32.1. The molecule has 2 rings (SSSR count). The Labute approximate surface area is 144 Å². The van der Waals surface area contributed by atoms with E-state index in [4.69, 9.17) is 4.74 Å². The van der Waals surface area contributed by atoms with Gasteiger partial charge in [-0.3, -0.25) is 9.89 Å². The molecule has 0 amide bonds. The predicted molar refractivity (Wildman–Crippen MR) is 98.3 cm³/mol. The van der Waals surface area contributed by atoms with Crippen LogP contribution in [0.1, 0.15) is 24.3 Å². The monoisotopic (exact) mass is 338 g/mol. The molecular weight excluding hydrogens is 308 g/mol. The SMILES string of the molecule is CN=C(NCc1sccc1C)NCC1CN(CC(C)C)CCO1. The Morgan fingerprint density at radius 2 is 2.30 bits per heavy atom. The number of hydrogen-bond acceptors (Lipinski definition) is 4. The minimum Gasteiger partial charge on any atom is -0.374 e. The lowest BCUT2D eigenvalue weighted by atomic mass is 10.2. The Balaban J connectivity index is 1.73. The molecule has 1 unspecified atom stereocenters. The fourth-order valence-electron chi connectivity index (χ4n) is 2.77. The summed E-state index contributed by atoms with van der Waals surface area (Å²) >= 11 is 1.78. The normalized spacial score (nSPS) is 20.0. The summed E-state index contributed by atoms with van der Waals surface area (Å²) in [7, 11) is 1.81. The van der Waals surface area contributed by atoms with E-state index < -0.39 is 0 Å². The van der Waals surface area contributed by atoms with Gasteiger partial charge in [0.1, 0.15) is 0 Å². The van der Waals surface area contributed by atoms with E-state index in [1.165, 1.54) is 10.4 Å². The van der Waals surface area contributed by atoms with E-state index in [0.29, 0.717) is 5.92 Å². The molecule has 6 heteroatoms. The fraction of sp³-hybridized carbons (Fsp3) is 0.706. The average Bonchev–Trinajstić information content (AvgIpc) is 2.92. The largest absolute Gasteiger partial charge is 0.374 e. The van der Waals surface area contributed by atoms with Crippen LogP contribution >= 0.6 is 11.3 Å². The number of hydrogen-bond donors (Lipinski definition) is 2. The number of rotatable bonds is 6. The lowest BCUT2D eigenvalue weighted by molar-refractivity contribution is -0.0284. The summed E-state index contributed by atoms with van der Waals surface area (Å²) in [6.45, 7) is 12.3. The van der Waals surface area contributed by atoms with Crippen LogP contribution in [0.4, 0.5) is 0 Å². The zero-order valence-corrected chi connectivity index (χ0v) is 15.6. The quantitative estimate of drug-likeness (QED) is 0.616. The molecular formula is C17H30N4OS. The first-order valence-electron chi connectivity index (χ1n) is 8.40. The molecule has 1 saturated heterocycles. The topological polar surface area (TPSA) is 48.9 Å². The van der Waals surface area contributed by atoms with Gasteiger partial charge in [0, 0.05) is 38.1 Å². The van der Waals surface area contributed by atoms with Crippen molar-refractivity contribution < 1.29 is 4.74 Å². The molecule has 1 aliphatic rings. The first-order chi connectivity index (χ1) is 11.1. The van der Waals surface area contributed by atoms with Gasteiger partial charge in [-0.25, -0.2) is 0 Å². The third-order valence-electron chi connectivity index (χ3n) is 3.95. The van der Waals surface area contributed by atoms with Crippen LogP contribution in [0.25, 0.3) is 0 Å². The maximum atomic E-state index is 5.87. The van der Waals surface area contributed by atoms with E-state index in [-0.39, 0.29) is 6.10 Å². The van der Waals surface area contributed by atoms with Gasteiger partial charge in [0.25, 0.3) is 0 Å². The van der Waals surface area contributed by atoms with Gasteiger partial charge < -0.3 is 15.4 Å². The minimum atomic E-state index is 0.226. The number of morpholine rings is 1. The molecule has 1 atom stereocenters. The van der Waals surface area contributed by atoms with E-state index in [1.807, 2.05) is 7.05 Å². The van der Waals surface area contributed by atoms with Crippen molar-refractivity contribution in [1.82, 2.24) is 15.5 Å². The Hall–Kier alpha value is -1.11. The van der Waals surface area contributed by atoms with Crippen molar-refractivity contribution in [2.24, 2.45) is 10.9 Å². The summed E-state index contributed by atoms with van der Waals surface area (Å²) in [6.07, 6.45) is 0.226. The van der Waals surface area contributed by atoms with E-state index in [2.05, 4.69) is 52.7 Å². The highest BCUT2D eigenvalue weighted by molar-refractivity contribution is 7.10. The zero-order valence-electron chi connectivity index (χ0n) is 14.8. The van der Waals surface area contributed by atoms with Crippen molar-refractivity contribution in [2.45, 2.75) is 33.4 Å². The number of aliphatic imine (C=N–C) groups is 1. The summed E-state index contributed by atoms with van der Waals surface area (Å²) in [5, 5.41) is 8.89. The van der Waals surface area contributed by atoms with Crippen LogP contribution in [0.3, 0.4) is 0 Å². The lowest BCUT2D eigenvalue weighted by Gasteiger charge is -2.34. The van der Waals surface area contributed by atoms with Crippen LogP contribution in [0.2, 0.25) is 0 Å². The summed E-state index contributed by atoms with van der Waals surface area (Å²) in [4.78, 5) is 8.14. The van der Waals surface area contributed by atoms with E-state index in [9.17, 15) is 0 Å². The average molecular weight is 339 g/mol. The fourth-order valence-corrected chi connectivity index (χ4v) is 3.61. The highest BCUT2D eigenvalue weighted by Gasteiger charge is 2.21. The second-order valence-electron chi connectivity index (χ2n) is 6.48. The van der Waals surface area contributed by atoms with Gasteiger partial charge in [0.2, 0.25) is 0 Å². The summed E-state index contributed by atoms with van der Waals surface area (Å²) < 4.78 is 5.87. The number of aryl methyl sites for hydroxylation is 1. The molecule has 0 saturated carbocycles. The van der Waals surface area contributed by atoms with Crippen LogP contribution in [0.5, 0.6) is 0 Å². The lowest BCUT2D eigenvalue weighted by Crippen LogP contribution is -2.50. The van der Waals surface area contributed by atoms with E-state index >= 15 is 0 Å². The standard InChI is InChI=1S/C17H30N4OS/c1-13(2)11-21-6-7-22-15(12-21)9-19-17(18-4)20-10-16-14(3)5-8-23-16/h5,8,13,15H,6-7,9-12H2,1-4H3,(H2,18,19,20). The molecule has 23 heavy (non-hydrogen) atoms. The molecule has 0 bridgehead atoms. The summed E-state index contributed by atoms with van der Waals surface area (Å²) in [5.41, 5.74) is 1.33. The van der Waals surface area contributed by atoms with Gasteiger partial charge in [0.05, 0.1) is 19.3 Å². The third kappa shape index (κ3) is 6.12. The zero-order chi connectivity index (χ0) is 16.7. The van der Waals surface area contributed by atoms with Crippen LogP contribution in [-0.4, -0.2) is 56.8 Å². The van der Waals surface area contributed by atoms with Crippen LogP contribution in [-0.2, 0) is 11.3 Å². The first-order valence-corrected chi connectivity index (χ1v) is 9.28. The van der Waals surface area contributed by atoms with Crippen molar-refractivity contribution in [2.75, 3.05) is 39.8 Å². The molecule has 0 aromatic carbocycles. The Kier molecular flexibility index (Phi) is 7.33.